The van der Waals surface area contributed by atoms with Crippen LogP contribution < -0.4 is 5.32 Å². The van der Waals surface area contributed by atoms with Crippen LogP contribution in [0.5, 0.6) is 0 Å². The molecular formula is C14H20N2. The Labute approximate surface area is 97.6 Å². The predicted molar refractivity (Wildman–Crippen MR) is 68.1 cm³/mol. The molecule has 0 bridgehead atoms. The summed E-state index contributed by atoms with van der Waals surface area (Å²) >= 11 is 0. The van der Waals surface area contributed by atoms with E-state index in [2.05, 4.69) is 42.4 Å². The summed E-state index contributed by atoms with van der Waals surface area (Å²) in [7, 11) is 2.23. The van der Waals surface area contributed by atoms with E-state index in [1.54, 1.807) is 5.56 Å². The lowest BCUT2D eigenvalue weighted by Gasteiger charge is -2.15. The Morgan fingerprint density at radius 2 is 2.06 bits per heavy atom. The van der Waals surface area contributed by atoms with Crippen molar-refractivity contribution in [2.45, 2.75) is 31.7 Å². The Balaban J connectivity index is 1.93. The van der Waals surface area contributed by atoms with E-state index in [-0.39, 0.29) is 0 Å². The van der Waals surface area contributed by atoms with Crippen LogP contribution in [0.4, 0.5) is 5.69 Å². The van der Waals surface area contributed by atoms with Crippen LogP contribution in [0.2, 0.25) is 0 Å². The highest BCUT2D eigenvalue weighted by Crippen LogP contribution is 2.40. The van der Waals surface area contributed by atoms with Gasteiger partial charge in [0, 0.05) is 17.6 Å². The second-order valence-corrected chi connectivity index (χ2v) is 5.33. The maximum Gasteiger partial charge on any atom is 0.0378 e. The van der Waals surface area contributed by atoms with E-state index in [1.165, 1.54) is 37.2 Å². The summed E-state index contributed by atoms with van der Waals surface area (Å²) in [4.78, 5) is 2.45. The number of aryl methyl sites for hydroxylation is 1. The van der Waals surface area contributed by atoms with Gasteiger partial charge < -0.3 is 10.2 Å². The van der Waals surface area contributed by atoms with Crippen LogP contribution in [0, 0.1) is 6.92 Å². The molecular weight excluding hydrogens is 196 g/mol. The molecule has 1 fully saturated rings. The number of likely N-dealkylation sites (tertiary alicyclic amines) is 1. The molecule has 2 heterocycles. The van der Waals surface area contributed by atoms with E-state index in [4.69, 9.17) is 0 Å². The molecule has 0 radical (unpaired) electrons. The summed E-state index contributed by atoms with van der Waals surface area (Å²) in [6.45, 7) is 4.65. The first kappa shape index (κ1) is 10.2. The first-order valence-corrected chi connectivity index (χ1v) is 6.29. The number of nitrogens with zero attached hydrogens (tertiary/aromatic N) is 1. The molecule has 0 aliphatic carbocycles. The van der Waals surface area contributed by atoms with Crippen LogP contribution in [0.1, 0.15) is 29.9 Å². The zero-order valence-electron chi connectivity index (χ0n) is 10.2. The molecule has 1 saturated heterocycles. The fourth-order valence-corrected chi connectivity index (χ4v) is 3.10. The summed E-state index contributed by atoms with van der Waals surface area (Å²) in [5.74, 6) is 0.736. The Bertz CT molecular complexity index is 400. The van der Waals surface area contributed by atoms with Gasteiger partial charge in [-0.25, -0.2) is 0 Å². The van der Waals surface area contributed by atoms with Gasteiger partial charge in [-0.05, 0) is 51.5 Å². The van der Waals surface area contributed by atoms with Crippen molar-refractivity contribution >= 4 is 5.69 Å². The molecule has 0 aromatic heterocycles. The van der Waals surface area contributed by atoms with Crippen LogP contribution in [0.3, 0.4) is 0 Å². The molecule has 2 heteroatoms. The smallest absolute Gasteiger partial charge is 0.0378 e. The van der Waals surface area contributed by atoms with Crippen LogP contribution in [0.25, 0.3) is 0 Å². The molecule has 2 atom stereocenters. The Kier molecular flexibility index (Phi) is 2.40. The van der Waals surface area contributed by atoms with E-state index >= 15 is 0 Å². The molecule has 86 valence electrons. The maximum atomic E-state index is 3.70. The summed E-state index contributed by atoms with van der Waals surface area (Å²) in [5, 5.41) is 3.70. The molecule has 1 aromatic rings. The molecule has 0 amide bonds. The Morgan fingerprint density at radius 1 is 1.25 bits per heavy atom. The van der Waals surface area contributed by atoms with Crippen molar-refractivity contribution in [3.05, 3.63) is 29.3 Å². The molecule has 16 heavy (non-hydrogen) atoms. The molecule has 2 aliphatic rings. The van der Waals surface area contributed by atoms with Crippen LogP contribution in [-0.2, 0) is 0 Å². The van der Waals surface area contributed by atoms with Gasteiger partial charge in [0.05, 0.1) is 0 Å². The predicted octanol–water partition coefficient (Wildman–Crippen LogP) is 2.60. The average molecular weight is 216 g/mol. The molecule has 2 unspecified atom stereocenters. The fourth-order valence-electron chi connectivity index (χ4n) is 3.10. The molecule has 0 saturated carbocycles. The van der Waals surface area contributed by atoms with Gasteiger partial charge in [-0.2, -0.15) is 0 Å². The third-order valence-electron chi connectivity index (χ3n) is 4.08. The number of fused-ring (bicyclic) bond motifs is 3. The molecule has 3 rings (SSSR count). The lowest BCUT2D eigenvalue weighted by atomic mass is 9.90. The minimum absolute atomic E-state index is 0.668. The highest BCUT2D eigenvalue weighted by atomic mass is 15.1. The minimum Gasteiger partial charge on any atom is -0.381 e. The lowest BCUT2D eigenvalue weighted by Crippen LogP contribution is -2.22. The first-order chi connectivity index (χ1) is 7.74. The largest absolute Gasteiger partial charge is 0.381 e. The topological polar surface area (TPSA) is 15.3 Å². The number of nitrogens with one attached hydrogen (secondary N) is 1. The standard InChI is InChI=1S/C14H20N2/c1-10-3-4-13-12(9-10)11-5-7-16(2)8-6-14(11)15-13/h3-4,9,11,14-15H,5-8H2,1-2H3. The zero-order valence-corrected chi connectivity index (χ0v) is 10.2. The summed E-state index contributed by atoms with van der Waals surface area (Å²) in [6.07, 6.45) is 2.57. The second kappa shape index (κ2) is 3.77. The van der Waals surface area contributed by atoms with E-state index in [1.807, 2.05) is 0 Å². The van der Waals surface area contributed by atoms with Gasteiger partial charge in [0.25, 0.3) is 0 Å². The Hall–Kier alpha value is -1.02. The van der Waals surface area contributed by atoms with Crippen molar-refractivity contribution in [2.24, 2.45) is 0 Å². The molecule has 1 N–H and O–H groups in total. The summed E-state index contributed by atoms with van der Waals surface area (Å²) in [5.41, 5.74) is 4.32. The molecule has 0 spiro atoms. The van der Waals surface area contributed by atoms with Crippen molar-refractivity contribution in [3.63, 3.8) is 0 Å². The fraction of sp³-hybridized carbons (Fsp3) is 0.571. The number of hydrogen-bond acceptors (Lipinski definition) is 2. The molecule has 2 aliphatic heterocycles. The molecule has 1 aromatic carbocycles. The van der Waals surface area contributed by atoms with Crippen LogP contribution in [0.15, 0.2) is 18.2 Å². The van der Waals surface area contributed by atoms with Crippen molar-refractivity contribution in [3.8, 4) is 0 Å². The number of rotatable bonds is 0. The highest BCUT2D eigenvalue weighted by Gasteiger charge is 2.33. The van der Waals surface area contributed by atoms with Gasteiger partial charge in [0.2, 0.25) is 0 Å². The van der Waals surface area contributed by atoms with Crippen molar-refractivity contribution < 1.29 is 0 Å². The van der Waals surface area contributed by atoms with Gasteiger partial charge in [0.1, 0.15) is 0 Å². The second-order valence-electron chi connectivity index (χ2n) is 5.33. The number of hydrogen-bond donors (Lipinski definition) is 1. The number of anilines is 1. The lowest BCUT2D eigenvalue weighted by molar-refractivity contribution is 0.346. The SMILES string of the molecule is Cc1ccc2c(c1)C1CCN(C)CCC1N2. The van der Waals surface area contributed by atoms with Gasteiger partial charge in [-0.15, -0.1) is 0 Å². The van der Waals surface area contributed by atoms with Gasteiger partial charge in [-0.3, -0.25) is 0 Å². The summed E-state index contributed by atoms with van der Waals surface area (Å²) in [6, 6.07) is 7.51. The van der Waals surface area contributed by atoms with E-state index in [0.717, 1.165) is 5.92 Å². The number of benzene rings is 1. The van der Waals surface area contributed by atoms with E-state index in [0.29, 0.717) is 6.04 Å². The quantitative estimate of drug-likeness (QED) is 0.717. The van der Waals surface area contributed by atoms with Crippen LogP contribution in [-0.4, -0.2) is 31.1 Å². The van der Waals surface area contributed by atoms with E-state index in [9.17, 15) is 0 Å². The van der Waals surface area contributed by atoms with Gasteiger partial charge in [-0.1, -0.05) is 17.7 Å². The monoisotopic (exact) mass is 216 g/mol. The van der Waals surface area contributed by atoms with Crippen molar-refractivity contribution in [1.82, 2.24) is 4.90 Å². The Morgan fingerprint density at radius 3 is 2.94 bits per heavy atom. The van der Waals surface area contributed by atoms with Gasteiger partial charge in [0.15, 0.2) is 0 Å². The first-order valence-electron chi connectivity index (χ1n) is 6.29. The minimum atomic E-state index is 0.668. The van der Waals surface area contributed by atoms with Gasteiger partial charge >= 0.3 is 0 Å². The maximum absolute atomic E-state index is 3.70. The summed E-state index contributed by atoms with van der Waals surface area (Å²) < 4.78 is 0. The molecule has 2 nitrogen and oxygen atoms in total. The van der Waals surface area contributed by atoms with E-state index < -0.39 is 0 Å². The average Bonchev–Trinajstić information content (AvgIpc) is 2.50. The normalized spacial score (nSPS) is 29.1. The highest BCUT2D eigenvalue weighted by molar-refractivity contribution is 5.60. The van der Waals surface area contributed by atoms with Crippen molar-refractivity contribution in [2.75, 3.05) is 25.5 Å². The van der Waals surface area contributed by atoms with Crippen LogP contribution >= 0.6 is 0 Å². The zero-order chi connectivity index (χ0) is 11.1. The third kappa shape index (κ3) is 1.61. The van der Waals surface area contributed by atoms with Crippen molar-refractivity contribution in [1.29, 1.82) is 0 Å². The third-order valence-corrected chi connectivity index (χ3v) is 4.08.